The van der Waals surface area contributed by atoms with Crippen LogP contribution in [0.15, 0.2) is 17.1 Å². The Kier molecular flexibility index (Phi) is 1.81. The maximum absolute atomic E-state index is 11.2. The lowest BCUT2D eigenvalue weighted by molar-refractivity contribution is -0.122. The van der Waals surface area contributed by atoms with Crippen molar-refractivity contribution in [3.8, 4) is 0 Å². The highest BCUT2D eigenvalue weighted by molar-refractivity contribution is 7.12. The first-order chi connectivity index (χ1) is 6.16. The van der Waals surface area contributed by atoms with Gasteiger partial charge in [0, 0.05) is 4.88 Å². The molecule has 1 aromatic heterocycles. The lowest BCUT2D eigenvalue weighted by Crippen LogP contribution is -2.13. The zero-order chi connectivity index (χ0) is 9.42. The van der Waals surface area contributed by atoms with Crippen molar-refractivity contribution < 1.29 is 9.53 Å². The third-order valence-corrected chi connectivity index (χ3v) is 2.75. The second kappa shape index (κ2) is 2.85. The SMILES string of the molecule is Cc1ccc(C2OC(N)=NC2=O)s1. The minimum absolute atomic E-state index is 0.0407. The molecule has 1 amide bonds. The number of thiophene rings is 1. The van der Waals surface area contributed by atoms with Gasteiger partial charge in [0.05, 0.1) is 4.88 Å². The second-order valence-electron chi connectivity index (χ2n) is 2.73. The third kappa shape index (κ3) is 1.42. The predicted octanol–water partition coefficient (Wildman–Crippen LogP) is 0.969. The minimum atomic E-state index is -0.612. The fraction of sp³-hybridized carbons (Fsp3) is 0.250. The van der Waals surface area contributed by atoms with E-state index in [1.54, 1.807) is 0 Å². The number of amides is 1. The fourth-order valence-corrected chi connectivity index (χ4v) is 2.04. The number of hydrogen-bond donors (Lipinski definition) is 1. The smallest absolute Gasteiger partial charge is 0.296 e. The van der Waals surface area contributed by atoms with E-state index >= 15 is 0 Å². The number of amidine groups is 1. The molecule has 13 heavy (non-hydrogen) atoms. The largest absolute Gasteiger partial charge is 0.446 e. The van der Waals surface area contributed by atoms with Crippen LogP contribution in [0.3, 0.4) is 0 Å². The van der Waals surface area contributed by atoms with E-state index in [4.69, 9.17) is 10.5 Å². The molecule has 0 aromatic carbocycles. The fourth-order valence-electron chi connectivity index (χ4n) is 1.14. The molecule has 1 unspecified atom stereocenters. The number of carbonyl (C=O) groups is 1. The van der Waals surface area contributed by atoms with Crippen LogP contribution in [0.5, 0.6) is 0 Å². The van der Waals surface area contributed by atoms with Gasteiger partial charge < -0.3 is 10.5 Å². The van der Waals surface area contributed by atoms with Gasteiger partial charge in [-0.2, -0.15) is 4.99 Å². The number of aliphatic imine (C=N–C) groups is 1. The first-order valence-electron chi connectivity index (χ1n) is 3.78. The van der Waals surface area contributed by atoms with Crippen LogP contribution in [0.1, 0.15) is 15.9 Å². The number of aryl methyl sites for hydroxylation is 1. The molecular formula is C8H8N2O2S. The predicted molar refractivity (Wildman–Crippen MR) is 49.5 cm³/mol. The van der Waals surface area contributed by atoms with Crippen molar-refractivity contribution in [2.24, 2.45) is 10.7 Å². The average Bonchev–Trinajstić information content (AvgIpc) is 2.58. The standard InChI is InChI=1S/C8H8N2O2S/c1-4-2-3-5(13-4)6-7(11)10-8(9)12-6/h2-3,6H,1H3,(H2,9,10,11). The van der Waals surface area contributed by atoms with Crippen molar-refractivity contribution in [1.82, 2.24) is 0 Å². The van der Waals surface area contributed by atoms with Crippen molar-refractivity contribution in [3.05, 3.63) is 21.9 Å². The van der Waals surface area contributed by atoms with E-state index < -0.39 is 6.10 Å². The molecule has 5 heteroatoms. The van der Waals surface area contributed by atoms with Gasteiger partial charge in [0.15, 0.2) is 0 Å². The number of nitrogens with two attached hydrogens (primary N) is 1. The topological polar surface area (TPSA) is 64.7 Å². The molecule has 0 spiro atoms. The second-order valence-corrected chi connectivity index (χ2v) is 4.05. The molecule has 4 nitrogen and oxygen atoms in total. The van der Waals surface area contributed by atoms with E-state index in [0.717, 1.165) is 9.75 Å². The molecule has 1 atom stereocenters. The Labute approximate surface area is 79.0 Å². The van der Waals surface area contributed by atoms with E-state index in [1.165, 1.54) is 11.3 Å². The summed E-state index contributed by atoms with van der Waals surface area (Å²) in [6, 6.07) is 3.75. The van der Waals surface area contributed by atoms with Crippen molar-refractivity contribution in [2.45, 2.75) is 13.0 Å². The van der Waals surface area contributed by atoms with Gasteiger partial charge in [0.25, 0.3) is 11.9 Å². The molecule has 0 fully saturated rings. The number of carbonyl (C=O) groups excluding carboxylic acids is 1. The van der Waals surface area contributed by atoms with Gasteiger partial charge in [-0.25, -0.2) is 0 Å². The van der Waals surface area contributed by atoms with E-state index in [0.29, 0.717) is 0 Å². The Balaban J connectivity index is 2.25. The third-order valence-electron chi connectivity index (χ3n) is 1.70. The molecule has 0 aliphatic carbocycles. The number of ether oxygens (including phenoxy) is 1. The summed E-state index contributed by atoms with van der Waals surface area (Å²) >= 11 is 1.52. The van der Waals surface area contributed by atoms with E-state index in [9.17, 15) is 4.79 Å². The summed E-state index contributed by atoms with van der Waals surface area (Å²) in [6.45, 7) is 1.97. The van der Waals surface area contributed by atoms with E-state index in [2.05, 4.69) is 4.99 Å². The van der Waals surface area contributed by atoms with Crippen molar-refractivity contribution in [2.75, 3.05) is 0 Å². The van der Waals surface area contributed by atoms with Gasteiger partial charge in [0.1, 0.15) is 0 Å². The average molecular weight is 196 g/mol. The summed E-state index contributed by atoms with van der Waals surface area (Å²) in [7, 11) is 0. The van der Waals surface area contributed by atoms with Crippen LogP contribution in [-0.4, -0.2) is 11.9 Å². The minimum Gasteiger partial charge on any atom is -0.446 e. The van der Waals surface area contributed by atoms with Crippen molar-refractivity contribution in [3.63, 3.8) is 0 Å². The molecule has 1 aliphatic rings. The molecule has 2 heterocycles. The van der Waals surface area contributed by atoms with Crippen LogP contribution < -0.4 is 5.73 Å². The molecule has 0 radical (unpaired) electrons. The Morgan fingerprint density at radius 3 is 2.85 bits per heavy atom. The summed E-state index contributed by atoms with van der Waals surface area (Å²) in [5.74, 6) is -0.320. The van der Waals surface area contributed by atoms with E-state index in [1.807, 2.05) is 19.1 Å². The van der Waals surface area contributed by atoms with Gasteiger partial charge in [0.2, 0.25) is 6.10 Å². The highest BCUT2D eigenvalue weighted by Gasteiger charge is 2.30. The molecule has 1 aromatic rings. The van der Waals surface area contributed by atoms with Gasteiger partial charge >= 0.3 is 0 Å². The number of hydrogen-bond acceptors (Lipinski definition) is 4. The molecule has 2 N–H and O–H groups in total. The normalized spacial score (nSPS) is 21.5. The van der Waals surface area contributed by atoms with Gasteiger partial charge in [-0.3, -0.25) is 4.79 Å². The first kappa shape index (κ1) is 8.25. The Bertz CT molecular complexity index is 383. The monoisotopic (exact) mass is 196 g/mol. The molecule has 2 rings (SSSR count). The van der Waals surface area contributed by atoms with Gasteiger partial charge in [-0.1, -0.05) is 0 Å². The summed E-state index contributed by atoms with van der Waals surface area (Å²) in [6.07, 6.45) is -0.612. The highest BCUT2D eigenvalue weighted by atomic mass is 32.1. The maximum atomic E-state index is 11.2. The maximum Gasteiger partial charge on any atom is 0.296 e. The lowest BCUT2D eigenvalue weighted by atomic mass is 10.3. The van der Waals surface area contributed by atoms with Crippen LogP contribution in [0, 0.1) is 6.92 Å². The summed E-state index contributed by atoms with van der Waals surface area (Å²) < 4.78 is 5.06. The number of nitrogens with zero attached hydrogens (tertiary/aromatic N) is 1. The lowest BCUT2D eigenvalue weighted by Gasteiger charge is -2.04. The van der Waals surface area contributed by atoms with Gasteiger partial charge in [-0.15, -0.1) is 11.3 Å². The summed E-state index contributed by atoms with van der Waals surface area (Å²) in [5, 5.41) is 0. The van der Waals surface area contributed by atoms with Gasteiger partial charge in [-0.05, 0) is 19.1 Å². The molecule has 0 saturated carbocycles. The van der Waals surface area contributed by atoms with Crippen LogP contribution in [0.25, 0.3) is 0 Å². The molecular weight excluding hydrogens is 188 g/mol. The highest BCUT2D eigenvalue weighted by Crippen LogP contribution is 2.29. The summed E-state index contributed by atoms with van der Waals surface area (Å²) in [5.41, 5.74) is 5.27. The zero-order valence-electron chi connectivity index (χ0n) is 6.98. The Morgan fingerprint density at radius 2 is 2.38 bits per heavy atom. The first-order valence-corrected chi connectivity index (χ1v) is 4.59. The quantitative estimate of drug-likeness (QED) is 0.727. The van der Waals surface area contributed by atoms with E-state index in [-0.39, 0.29) is 11.9 Å². The van der Waals surface area contributed by atoms with Crippen LogP contribution in [0.4, 0.5) is 0 Å². The van der Waals surface area contributed by atoms with Crippen molar-refractivity contribution in [1.29, 1.82) is 0 Å². The zero-order valence-corrected chi connectivity index (χ0v) is 7.80. The van der Waals surface area contributed by atoms with Crippen molar-refractivity contribution >= 4 is 23.3 Å². The molecule has 0 saturated heterocycles. The van der Waals surface area contributed by atoms with Crippen LogP contribution in [-0.2, 0) is 9.53 Å². The van der Waals surface area contributed by atoms with Crippen LogP contribution in [0.2, 0.25) is 0 Å². The Hall–Kier alpha value is -1.36. The van der Waals surface area contributed by atoms with Crippen LogP contribution >= 0.6 is 11.3 Å². The number of rotatable bonds is 1. The Morgan fingerprint density at radius 1 is 1.62 bits per heavy atom. The molecule has 0 bridgehead atoms. The summed E-state index contributed by atoms with van der Waals surface area (Å²) in [4.78, 5) is 16.7. The molecule has 1 aliphatic heterocycles. The molecule has 68 valence electrons.